The van der Waals surface area contributed by atoms with Crippen molar-refractivity contribution < 1.29 is 14.6 Å². The van der Waals surface area contributed by atoms with Crippen LogP contribution >= 0.6 is 0 Å². The lowest BCUT2D eigenvalue weighted by atomic mass is 9.86. The molecule has 0 aromatic rings. The number of carbonyl (C=O) groups is 1. The summed E-state index contributed by atoms with van der Waals surface area (Å²) in [6, 6.07) is 0.518. The first-order chi connectivity index (χ1) is 7.83. The second-order valence-corrected chi connectivity index (χ2v) is 6.79. The van der Waals surface area contributed by atoms with E-state index in [1.54, 1.807) is 0 Å². The van der Waals surface area contributed by atoms with Crippen molar-refractivity contribution in [1.82, 2.24) is 4.90 Å². The number of hydrogen-bond donors (Lipinski definition) is 1. The molecule has 2 unspecified atom stereocenters. The van der Waals surface area contributed by atoms with Crippen molar-refractivity contribution in [3.63, 3.8) is 0 Å². The van der Waals surface area contributed by atoms with Gasteiger partial charge in [0.2, 0.25) is 0 Å². The van der Waals surface area contributed by atoms with E-state index < -0.39 is 5.60 Å². The molecular formula is C13H21NO3. The number of fused-ring (bicyclic) bond motifs is 3. The van der Waals surface area contributed by atoms with Crippen molar-refractivity contribution in [3.05, 3.63) is 0 Å². The number of nitrogens with zero attached hydrogens (tertiary/aromatic N) is 1. The Morgan fingerprint density at radius 2 is 2.00 bits per heavy atom. The zero-order valence-corrected chi connectivity index (χ0v) is 10.8. The van der Waals surface area contributed by atoms with Crippen LogP contribution in [0.3, 0.4) is 0 Å². The number of aliphatic hydroxyl groups excluding tert-OH is 1. The number of hydrogen-bond acceptors (Lipinski definition) is 3. The first-order valence-electron chi connectivity index (χ1n) is 6.53. The van der Waals surface area contributed by atoms with Gasteiger partial charge in [-0.25, -0.2) is 4.79 Å². The molecule has 96 valence electrons. The van der Waals surface area contributed by atoms with Crippen LogP contribution in [-0.4, -0.2) is 39.9 Å². The lowest BCUT2D eigenvalue weighted by molar-refractivity contribution is 0.0193. The molecule has 3 aliphatic rings. The fraction of sp³-hybridized carbons (Fsp3) is 0.923. The number of ether oxygens (including phenoxy) is 1. The first-order valence-corrected chi connectivity index (χ1v) is 6.53. The predicted octanol–water partition coefficient (Wildman–Crippen LogP) is 1.91. The second kappa shape index (κ2) is 3.16. The van der Waals surface area contributed by atoms with E-state index >= 15 is 0 Å². The van der Waals surface area contributed by atoms with Crippen molar-refractivity contribution in [2.24, 2.45) is 5.41 Å². The third-order valence-electron chi connectivity index (χ3n) is 4.46. The molecule has 1 saturated carbocycles. The minimum absolute atomic E-state index is 0.0276. The van der Waals surface area contributed by atoms with E-state index in [4.69, 9.17) is 4.74 Å². The monoisotopic (exact) mass is 239 g/mol. The molecule has 4 heteroatoms. The highest BCUT2D eigenvalue weighted by molar-refractivity contribution is 5.70. The second-order valence-electron chi connectivity index (χ2n) is 6.79. The van der Waals surface area contributed by atoms with Crippen LogP contribution in [-0.2, 0) is 4.74 Å². The van der Waals surface area contributed by atoms with Gasteiger partial charge in [-0.3, -0.25) is 0 Å². The molecule has 2 bridgehead atoms. The van der Waals surface area contributed by atoms with E-state index in [1.807, 2.05) is 25.7 Å². The van der Waals surface area contributed by atoms with Gasteiger partial charge in [0.05, 0.1) is 6.10 Å². The van der Waals surface area contributed by atoms with Gasteiger partial charge in [0.1, 0.15) is 5.60 Å². The Labute approximate surface area is 102 Å². The van der Waals surface area contributed by atoms with Gasteiger partial charge in [0.25, 0.3) is 0 Å². The molecule has 1 amide bonds. The first kappa shape index (κ1) is 11.3. The highest BCUT2D eigenvalue weighted by atomic mass is 16.6. The largest absolute Gasteiger partial charge is 0.444 e. The highest BCUT2D eigenvalue weighted by Gasteiger charge is 2.69. The van der Waals surface area contributed by atoms with E-state index in [-0.39, 0.29) is 23.7 Å². The predicted molar refractivity (Wildman–Crippen MR) is 62.6 cm³/mol. The maximum Gasteiger partial charge on any atom is 0.410 e. The highest BCUT2D eigenvalue weighted by Crippen LogP contribution is 2.63. The number of carbonyl (C=O) groups excluding carboxylic acids is 1. The minimum atomic E-state index is -0.436. The standard InChI is InChI=1S/C13H21NO3/c1-12(2,3)17-11(16)14-8-4-5-9(14)13(6-8)7-10(13)15/h8-10,15H,4-7H2,1-3H3/t8-,9+,10?,13?/m0/s1. The van der Waals surface area contributed by atoms with Crippen LogP contribution < -0.4 is 0 Å². The summed E-state index contributed by atoms with van der Waals surface area (Å²) in [5.41, 5.74) is -0.408. The number of amides is 1. The zero-order valence-electron chi connectivity index (χ0n) is 10.8. The van der Waals surface area contributed by atoms with E-state index in [0.717, 1.165) is 25.7 Å². The molecule has 3 fully saturated rings. The third-order valence-corrected chi connectivity index (χ3v) is 4.46. The van der Waals surface area contributed by atoms with Crippen LogP contribution in [0, 0.1) is 5.41 Å². The molecule has 0 aromatic carbocycles. The van der Waals surface area contributed by atoms with Gasteiger partial charge in [-0.15, -0.1) is 0 Å². The van der Waals surface area contributed by atoms with Crippen molar-refractivity contribution in [2.75, 3.05) is 0 Å². The SMILES string of the molecule is CC(C)(C)OC(=O)N1[C@H]2CC[C@@H]1C1(CC1O)C2. The Bertz CT molecular complexity index is 362. The molecule has 2 heterocycles. The molecule has 2 aliphatic heterocycles. The van der Waals surface area contributed by atoms with E-state index in [2.05, 4.69) is 0 Å². The summed E-state index contributed by atoms with van der Waals surface area (Å²) in [7, 11) is 0. The molecule has 1 N–H and O–H groups in total. The van der Waals surface area contributed by atoms with Crippen LogP contribution in [0.15, 0.2) is 0 Å². The van der Waals surface area contributed by atoms with Gasteiger partial charge in [0, 0.05) is 17.5 Å². The molecule has 3 rings (SSSR count). The van der Waals surface area contributed by atoms with Gasteiger partial charge in [-0.05, 0) is 46.5 Å². The van der Waals surface area contributed by atoms with E-state index in [0.29, 0.717) is 6.04 Å². The molecule has 1 aliphatic carbocycles. The summed E-state index contributed by atoms with van der Waals surface area (Å²) in [5.74, 6) is 0. The van der Waals surface area contributed by atoms with Crippen LogP contribution in [0.2, 0.25) is 0 Å². The van der Waals surface area contributed by atoms with E-state index in [1.165, 1.54) is 0 Å². The van der Waals surface area contributed by atoms with Gasteiger partial charge < -0.3 is 14.7 Å². The Hall–Kier alpha value is -0.770. The van der Waals surface area contributed by atoms with Crippen molar-refractivity contribution in [3.8, 4) is 0 Å². The smallest absolute Gasteiger partial charge is 0.410 e. The molecular weight excluding hydrogens is 218 g/mol. The summed E-state index contributed by atoms with van der Waals surface area (Å²) in [6.07, 6.45) is 3.55. The molecule has 4 atom stereocenters. The maximum atomic E-state index is 12.2. The lowest BCUT2D eigenvalue weighted by Gasteiger charge is -2.28. The zero-order chi connectivity index (χ0) is 12.4. The molecule has 2 saturated heterocycles. The maximum absolute atomic E-state index is 12.2. The fourth-order valence-electron chi connectivity index (χ4n) is 3.69. The normalized spacial score (nSPS) is 43.3. The Morgan fingerprint density at radius 3 is 2.47 bits per heavy atom. The van der Waals surface area contributed by atoms with Gasteiger partial charge in [0.15, 0.2) is 0 Å². The topological polar surface area (TPSA) is 49.8 Å². The summed E-state index contributed by atoms with van der Waals surface area (Å²) in [4.78, 5) is 14.1. The quantitative estimate of drug-likeness (QED) is 0.702. The average molecular weight is 239 g/mol. The number of aliphatic hydroxyl groups is 1. The van der Waals surface area contributed by atoms with Gasteiger partial charge >= 0.3 is 6.09 Å². The summed E-state index contributed by atoms with van der Waals surface area (Å²) >= 11 is 0. The molecule has 17 heavy (non-hydrogen) atoms. The molecule has 0 aromatic heterocycles. The lowest BCUT2D eigenvalue weighted by Crippen LogP contribution is -2.41. The summed E-state index contributed by atoms with van der Waals surface area (Å²) in [5, 5.41) is 9.79. The molecule has 0 radical (unpaired) electrons. The van der Waals surface area contributed by atoms with Crippen molar-refractivity contribution in [2.45, 2.75) is 70.2 Å². The van der Waals surface area contributed by atoms with Crippen LogP contribution in [0.25, 0.3) is 0 Å². The Balaban J connectivity index is 1.75. The fourth-order valence-corrected chi connectivity index (χ4v) is 3.69. The van der Waals surface area contributed by atoms with Gasteiger partial charge in [-0.2, -0.15) is 0 Å². The van der Waals surface area contributed by atoms with Crippen molar-refractivity contribution >= 4 is 6.09 Å². The summed E-state index contributed by atoms with van der Waals surface area (Å²) < 4.78 is 5.46. The minimum Gasteiger partial charge on any atom is -0.444 e. The van der Waals surface area contributed by atoms with Gasteiger partial charge in [-0.1, -0.05) is 0 Å². The number of rotatable bonds is 0. The Kier molecular flexibility index (Phi) is 2.11. The summed E-state index contributed by atoms with van der Waals surface area (Å²) in [6.45, 7) is 5.68. The van der Waals surface area contributed by atoms with E-state index in [9.17, 15) is 9.90 Å². The average Bonchev–Trinajstić information content (AvgIpc) is 2.59. The van der Waals surface area contributed by atoms with Crippen molar-refractivity contribution in [1.29, 1.82) is 0 Å². The molecule has 4 nitrogen and oxygen atoms in total. The Morgan fingerprint density at radius 1 is 1.35 bits per heavy atom. The molecule has 1 spiro atoms. The van der Waals surface area contributed by atoms with Crippen LogP contribution in [0.1, 0.15) is 46.5 Å². The van der Waals surface area contributed by atoms with Crippen LogP contribution in [0.4, 0.5) is 4.79 Å². The third kappa shape index (κ3) is 1.57. The van der Waals surface area contributed by atoms with Crippen LogP contribution in [0.5, 0.6) is 0 Å².